The molecule has 0 atom stereocenters. The zero-order valence-electron chi connectivity index (χ0n) is 13.7. The van der Waals surface area contributed by atoms with Gasteiger partial charge in [0.05, 0.1) is 6.54 Å². The van der Waals surface area contributed by atoms with Gasteiger partial charge in [0.1, 0.15) is 11.6 Å². The van der Waals surface area contributed by atoms with E-state index in [2.05, 4.69) is 10.1 Å². The van der Waals surface area contributed by atoms with E-state index < -0.39 is 26.6 Å². The Balaban J connectivity index is 1.67. The number of sulfonamides is 1. The first-order valence-corrected chi connectivity index (χ1v) is 9.33. The molecule has 2 heterocycles. The van der Waals surface area contributed by atoms with Crippen molar-refractivity contribution < 1.29 is 21.7 Å². The predicted molar refractivity (Wildman–Crippen MR) is 84.1 cm³/mol. The van der Waals surface area contributed by atoms with Crippen LogP contribution in [-0.2, 0) is 23.0 Å². The van der Waals surface area contributed by atoms with E-state index in [1.165, 1.54) is 0 Å². The van der Waals surface area contributed by atoms with Crippen LogP contribution in [0.3, 0.4) is 0 Å². The molecule has 0 amide bonds. The lowest BCUT2D eigenvalue weighted by atomic mass is 10.3. The van der Waals surface area contributed by atoms with E-state index in [1.807, 2.05) is 11.8 Å². The van der Waals surface area contributed by atoms with Gasteiger partial charge in [0, 0.05) is 32.6 Å². The second-order valence-corrected chi connectivity index (χ2v) is 7.56. The van der Waals surface area contributed by atoms with Gasteiger partial charge in [-0.1, -0.05) is 18.1 Å². The van der Waals surface area contributed by atoms with Crippen LogP contribution in [0.1, 0.15) is 18.6 Å². The maximum Gasteiger partial charge on any atom is 0.249 e. The molecule has 0 radical (unpaired) electrons. The first kappa shape index (κ1) is 17.9. The summed E-state index contributed by atoms with van der Waals surface area (Å²) in [6.45, 7) is 3.42. The molecule has 136 valence electrons. The molecule has 1 saturated heterocycles. The van der Waals surface area contributed by atoms with E-state index in [0.29, 0.717) is 37.8 Å². The van der Waals surface area contributed by atoms with Gasteiger partial charge in [-0.15, -0.1) is 0 Å². The molecule has 0 saturated carbocycles. The van der Waals surface area contributed by atoms with Gasteiger partial charge < -0.3 is 4.52 Å². The van der Waals surface area contributed by atoms with E-state index in [0.717, 1.165) is 22.5 Å². The quantitative estimate of drug-likeness (QED) is 0.790. The Bertz CT molecular complexity index is 828. The number of nitrogens with zero attached hydrogens (tertiary/aromatic N) is 4. The fraction of sp³-hybridized carbons (Fsp3) is 0.467. The van der Waals surface area contributed by atoms with E-state index >= 15 is 0 Å². The monoisotopic (exact) mass is 372 g/mol. The van der Waals surface area contributed by atoms with Crippen LogP contribution in [0.4, 0.5) is 8.78 Å². The van der Waals surface area contributed by atoms with E-state index in [9.17, 15) is 17.2 Å². The van der Waals surface area contributed by atoms with Crippen molar-refractivity contribution >= 4 is 10.0 Å². The molecule has 0 spiro atoms. The van der Waals surface area contributed by atoms with Crippen LogP contribution in [0, 0.1) is 11.6 Å². The number of halogens is 2. The second kappa shape index (κ2) is 7.14. The second-order valence-electron chi connectivity index (χ2n) is 5.69. The molecule has 7 nitrogen and oxygen atoms in total. The number of aromatic nitrogens is 2. The lowest BCUT2D eigenvalue weighted by Crippen LogP contribution is -2.48. The highest BCUT2D eigenvalue weighted by Crippen LogP contribution is 2.23. The van der Waals surface area contributed by atoms with Crippen LogP contribution in [0.25, 0.3) is 0 Å². The SMILES string of the molecule is CCc1nc(CN2CCN(S(=O)(=O)c3c(F)cccc3F)CC2)no1. The summed E-state index contributed by atoms with van der Waals surface area (Å²) < 4.78 is 58.8. The van der Waals surface area contributed by atoms with Crippen LogP contribution in [-0.4, -0.2) is 53.9 Å². The molecule has 1 aromatic heterocycles. The zero-order valence-corrected chi connectivity index (χ0v) is 14.5. The van der Waals surface area contributed by atoms with E-state index in [1.54, 1.807) is 0 Å². The molecule has 1 fully saturated rings. The Morgan fingerprint density at radius 2 is 1.80 bits per heavy atom. The van der Waals surface area contributed by atoms with Crippen molar-refractivity contribution in [2.75, 3.05) is 26.2 Å². The number of aryl methyl sites for hydroxylation is 1. The molecule has 10 heteroatoms. The lowest BCUT2D eigenvalue weighted by Gasteiger charge is -2.33. The van der Waals surface area contributed by atoms with Crippen LogP contribution in [0.2, 0.25) is 0 Å². The molecule has 2 aromatic rings. The molecular weight excluding hydrogens is 354 g/mol. The maximum absolute atomic E-state index is 13.8. The largest absolute Gasteiger partial charge is 0.339 e. The molecule has 1 aliphatic rings. The third kappa shape index (κ3) is 3.70. The van der Waals surface area contributed by atoms with Crippen LogP contribution < -0.4 is 0 Å². The summed E-state index contributed by atoms with van der Waals surface area (Å²) in [5.74, 6) is -1.08. The highest BCUT2D eigenvalue weighted by Gasteiger charge is 2.33. The predicted octanol–water partition coefficient (Wildman–Crippen LogP) is 1.42. The van der Waals surface area contributed by atoms with Gasteiger partial charge in [0.25, 0.3) is 0 Å². The molecule has 1 aromatic carbocycles. The van der Waals surface area contributed by atoms with Gasteiger partial charge in [0.2, 0.25) is 15.9 Å². The van der Waals surface area contributed by atoms with Crippen molar-refractivity contribution in [3.63, 3.8) is 0 Å². The average Bonchev–Trinajstić information content (AvgIpc) is 3.02. The van der Waals surface area contributed by atoms with Crippen LogP contribution >= 0.6 is 0 Å². The Hall–Kier alpha value is -1.91. The number of piperazine rings is 1. The van der Waals surface area contributed by atoms with Crippen molar-refractivity contribution in [2.24, 2.45) is 0 Å². The smallest absolute Gasteiger partial charge is 0.249 e. The van der Waals surface area contributed by atoms with Gasteiger partial charge in [-0.3, -0.25) is 4.90 Å². The average molecular weight is 372 g/mol. The molecule has 1 aliphatic heterocycles. The van der Waals surface area contributed by atoms with Crippen molar-refractivity contribution in [1.82, 2.24) is 19.3 Å². The van der Waals surface area contributed by atoms with Crippen molar-refractivity contribution in [2.45, 2.75) is 24.8 Å². The van der Waals surface area contributed by atoms with Gasteiger partial charge >= 0.3 is 0 Å². The normalized spacial score (nSPS) is 17.1. The highest BCUT2D eigenvalue weighted by atomic mass is 32.2. The molecule has 25 heavy (non-hydrogen) atoms. The fourth-order valence-electron chi connectivity index (χ4n) is 2.68. The van der Waals surface area contributed by atoms with Crippen molar-refractivity contribution in [3.8, 4) is 0 Å². The summed E-state index contributed by atoms with van der Waals surface area (Å²) in [6.07, 6.45) is 0.646. The Morgan fingerprint density at radius 1 is 1.16 bits per heavy atom. The van der Waals surface area contributed by atoms with Crippen molar-refractivity contribution in [1.29, 1.82) is 0 Å². The minimum absolute atomic E-state index is 0.134. The summed E-state index contributed by atoms with van der Waals surface area (Å²) in [4.78, 5) is 5.28. The summed E-state index contributed by atoms with van der Waals surface area (Å²) in [5, 5.41) is 3.86. The highest BCUT2D eigenvalue weighted by molar-refractivity contribution is 7.89. The zero-order chi connectivity index (χ0) is 18.0. The molecule has 0 N–H and O–H groups in total. The number of hydrogen-bond acceptors (Lipinski definition) is 6. The molecule has 0 aliphatic carbocycles. The van der Waals surface area contributed by atoms with Crippen LogP contribution in [0.15, 0.2) is 27.6 Å². The molecule has 0 bridgehead atoms. The van der Waals surface area contributed by atoms with Gasteiger partial charge in [-0.25, -0.2) is 17.2 Å². The topological polar surface area (TPSA) is 79.5 Å². The Labute approximate surface area is 144 Å². The summed E-state index contributed by atoms with van der Waals surface area (Å²) in [5.41, 5.74) is 0. The fourth-order valence-corrected chi connectivity index (χ4v) is 4.22. The van der Waals surface area contributed by atoms with E-state index in [-0.39, 0.29) is 13.1 Å². The standard InChI is InChI=1S/C15H18F2N4O3S/c1-2-14-18-13(19-24-14)10-20-6-8-21(9-7-20)25(22,23)15-11(16)4-3-5-12(15)17/h3-5H,2,6-10H2,1H3. The Morgan fingerprint density at radius 3 is 2.36 bits per heavy atom. The lowest BCUT2D eigenvalue weighted by molar-refractivity contribution is 0.176. The minimum atomic E-state index is -4.21. The molecule has 0 unspecified atom stereocenters. The van der Waals surface area contributed by atoms with Crippen LogP contribution in [0.5, 0.6) is 0 Å². The number of hydrogen-bond donors (Lipinski definition) is 0. The number of rotatable bonds is 5. The molecular formula is C15H18F2N4O3S. The number of benzene rings is 1. The summed E-state index contributed by atoms with van der Waals surface area (Å²) >= 11 is 0. The maximum atomic E-state index is 13.8. The summed E-state index contributed by atoms with van der Waals surface area (Å²) in [7, 11) is -4.21. The minimum Gasteiger partial charge on any atom is -0.339 e. The van der Waals surface area contributed by atoms with Crippen molar-refractivity contribution in [3.05, 3.63) is 41.5 Å². The van der Waals surface area contributed by atoms with Gasteiger partial charge in [-0.2, -0.15) is 9.29 Å². The summed E-state index contributed by atoms with van der Waals surface area (Å²) in [6, 6.07) is 3.01. The third-order valence-electron chi connectivity index (χ3n) is 4.03. The first-order chi connectivity index (χ1) is 11.9. The van der Waals surface area contributed by atoms with E-state index in [4.69, 9.17) is 4.52 Å². The van der Waals surface area contributed by atoms with Gasteiger partial charge in [-0.05, 0) is 12.1 Å². The Kier molecular flexibility index (Phi) is 5.11. The third-order valence-corrected chi connectivity index (χ3v) is 5.98. The molecule has 3 rings (SSSR count). The van der Waals surface area contributed by atoms with Gasteiger partial charge in [0.15, 0.2) is 10.7 Å². The first-order valence-electron chi connectivity index (χ1n) is 7.89.